The first kappa shape index (κ1) is 43.7. The van der Waals surface area contributed by atoms with Crippen LogP contribution in [0.3, 0.4) is 0 Å². The number of nitrogens with zero attached hydrogens (tertiary/aromatic N) is 12. The van der Waals surface area contributed by atoms with Gasteiger partial charge in [0.25, 0.3) is 0 Å². The molecule has 6 aromatic rings. The topological polar surface area (TPSA) is 298 Å². The molecular formula is C34H26N12NiO4. The summed E-state index contributed by atoms with van der Waals surface area (Å²) in [4.78, 5) is 31.1. The molecule has 0 bridgehead atoms. The van der Waals surface area contributed by atoms with Crippen LogP contribution in [0.1, 0.15) is 0 Å². The molecule has 6 aromatic heterocycles. The fraction of sp³-hybridized carbons (Fsp3) is 0. The Hall–Kier alpha value is -7.35. The van der Waals surface area contributed by atoms with E-state index in [1.165, 1.54) is 24.4 Å². The van der Waals surface area contributed by atoms with Crippen LogP contribution in [0.25, 0.3) is 56.4 Å². The third kappa shape index (κ3) is 15.0. The summed E-state index contributed by atoms with van der Waals surface area (Å²) in [7, 11) is 0. The smallest absolute Gasteiger partial charge is 0.508 e. The van der Waals surface area contributed by atoms with E-state index in [4.69, 9.17) is 21.3 Å². The van der Waals surface area contributed by atoms with Gasteiger partial charge in [0.15, 0.2) is 0 Å². The standard InChI is InChI=1S/2C15H11N3O.2C2N3.Ni.2H2O/c2*19-11-9-14(12-5-1-3-7-16-12)18-15(10-11)13-6-2-4-8-17-13;2*3-1-5-2-4;;;/h2*1-10H,(H,18,19);;;;2*1H2/q;;2*-1;+2;;. The summed E-state index contributed by atoms with van der Waals surface area (Å²) in [6.07, 6.45) is 9.35. The molecule has 6 N–H and O–H groups in total. The van der Waals surface area contributed by atoms with Gasteiger partial charge in [-0.15, -0.1) is 12.0 Å². The van der Waals surface area contributed by atoms with Crippen molar-refractivity contribution in [2.75, 3.05) is 0 Å². The Morgan fingerprint density at radius 3 is 0.882 bits per heavy atom. The molecule has 0 saturated carbocycles. The third-order valence-electron chi connectivity index (χ3n) is 5.53. The van der Waals surface area contributed by atoms with Crippen LogP contribution in [0.15, 0.2) is 132 Å². The Morgan fingerprint density at radius 2 is 0.725 bits per heavy atom. The van der Waals surface area contributed by atoms with Crippen LogP contribution in [-0.2, 0) is 16.5 Å². The summed E-state index contributed by atoms with van der Waals surface area (Å²) in [5.74, 6) is 0.299. The minimum Gasteiger partial charge on any atom is -0.508 e. The zero-order chi connectivity index (χ0) is 34.4. The first-order chi connectivity index (χ1) is 23.5. The van der Waals surface area contributed by atoms with Gasteiger partial charge in [-0.05, 0) is 48.5 Å². The van der Waals surface area contributed by atoms with E-state index >= 15 is 0 Å². The van der Waals surface area contributed by atoms with E-state index in [1.807, 2.05) is 72.8 Å². The predicted octanol–water partition coefficient (Wildman–Crippen LogP) is 4.59. The molecule has 0 atom stereocenters. The van der Waals surface area contributed by atoms with E-state index in [-0.39, 0.29) is 38.9 Å². The summed E-state index contributed by atoms with van der Waals surface area (Å²) >= 11 is 0. The van der Waals surface area contributed by atoms with Crippen molar-refractivity contribution in [2.24, 2.45) is 9.98 Å². The van der Waals surface area contributed by atoms with Crippen molar-refractivity contribution in [1.29, 1.82) is 10.5 Å². The van der Waals surface area contributed by atoms with Crippen LogP contribution < -0.4 is 0 Å². The minimum absolute atomic E-state index is 0. The molecule has 51 heavy (non-hydrogen) atoms. The maximum absolute atomic E-state index is 9.82. The van der Waals surface area contributed by atoms with Gasteiger partial charge in [0.2, 0.25) is 0 Å². The largest absolute Gasteiger partial charge is 2.00 e. The van der Waals surface area contributed by atoms with Crippen LogP contribution in [0, 0.1) is 22.9 Å². The number of hydrogen-bond donors (Lipinski definition) is 2. The molecule has 0 spiro atoms. The second-order valence-electron chi connectivity index (χ2n) is 8.68. The van der Waals surface area contributed by atoms with Crippen molar-refractivity contribution in [3.05, 3.63) is 133 Å². The molecule has 16 nitrogen and oxygen atoms in total. The summed E-state index contributed by atoms with van der Waals surface area (Å²) < 4.78 is 0. The third-order valence-corrected chi connectivity index (χ3v) is 5.53. The second-order valence-corrected chi connectivity index (χ2v) is 8.68. The van der Waals surface area contributed by atoms with Crippen molar-refractivity contribution in [3.8, 4) is 69.4 Å². The minimum atomic E-state index is 0. The molecule has 0 aromatic carbocycles. The molecule has 0 unspecified atom stereocenters. The Kier molecular flexibility index (Phi) is 21.2. The van der Waals surface area contributed by atoms with E-state index < -0.39 is 0 Å². The number of pyridine rings is 6. The normalized spacial score (nSPS) is 8.43. The molecule has 0 amide bonds. The number of aromatic nitrogens is 6. The van der Waals surface area contributed by atoms with Gasteiger partial charge in [0.1, 0.15) is 11.5 Å². The monoisotopic (exact) mass is 724 g/mol. The van der Waals surface area contributed by atoms with E-state index in [2.05, 4.69) is 39.9 Å². The molecule has 0 aliphatic carbocycles. The van der Waals surface area contributed by atoms with Gasteiger partial charge in [0.05, 0.1) is 57.9 Å². The van der Waals surface area contributed by atoms with Crippen molar-refractivity contribution >= 4 is 12.0 Å². The van der Waals surface area contributed by atoms with Crippen molar-refractivity contribution < 1.29 is 37.7 Å². The number of rotatable bonds is 4. The zero-order valence-corrected chi connectivity index (χ0v) is 27.1. The number of aromatic hydroxyl groups is 2. The molecule has 17 heteroatoms. The van der Waals surface area contributed by atoms with Crippen LogP contribution in [-0.4, -0.2) is 63.1 Å². The van der Waals surface area contributed by atoms with Crippen molar-refractivity contribution in [3.63, 3.8) is 0 Å². The van der Waals surface area contributed by atoms with E-state index in [1.54, 1.807) is 49.1 Å². The molecular weight excluding hydrogens is 699 g/mol. The van der Waals surface area contributed by atoms with Gasteiger partial charge in [-0.25, -0.2) is 9.97 Å². The average Bonchev–Trinajstić information content (AvgIpc) is 3.14. The Bertz CT molecular complexity index is 1820. The van der Waals surface area contributed by atoms with Crippen LogP contribution in [0.4, 0.5) is 0 Å². The summed E-state index contributed by atoms with van der Waals surface area (Å²) in [6.45, 7) is 0. The average molecular weight is 725 g/mol. The Labute approximate surface area is 301 Å². The van der Waals surface area contributed by atoms with Crippen molar-refractivity contribution in [2.45, 2.75) is 0 Å². The maximum atomic E-state index is 9.82. The molecule has 0 aliphatic rings. The fourth-order valence-corrected chi connectivity index (χ4v) is 3.66. The first-order valence-corrected chi connectivity index (χ1v) is 13.5. The molecule has 6 heterocycles. The first-order valence-electron chi connectivity index (χ1n) is 13.5. The van der Waals surface area contributed by atoms with Gasteiger partial charge >= 0.3 is 16.5 Å². The number of nitriles is 2. The fourth-order valence-electron chi connectivity index (χ4n) is 3.66. The summed E-state index contributed by atoms with van der Waals surface area (Å²) in [5, 5.41) is 49.4. The summed E-state index contributed by atoms with van der Waals surface area (Å²) in [5.41, 5.74) is 5.38. The molecule has 0 fully saturated rings. The molecule has 256 valence electrons. The predicted molar refractivity (Wildman–Crippen MR) is 185 cm³/mol. The molecule has 0 radical (unpaired) electrons. The quantitative estimate of drug-likeness (QED) is 0.145. The number of aliphatic imine (C=N–C) groups is 2. The van der Waals surface area contributed by atoms with Crippen LogP contribution in [0.2, 0.25) is 0 Å². The maximum Gasteiger partial charge on any atom is 2.00 e. The Morgan fingerprint density at radius 1 is 0.471 bits per heavy atom. The van der Waals surface area contributed by atoms with E-state index in [0.717, 1.165) is 22.8 Å². The zero-order valence-electron chi connectivity index (χ0n) is 26.1. The molecule has 0 aliphatic heterocycles. The van der Waals surface area contributed by atoms with Crippen molar-refractivity contribution in [1.82, 2.24) is 29.9 Å². The Balaban J connectivity index is 0.000000743. The van der Waals surface area contributed by atoms with Crippen LogP contribution >= 0.6 is 0 Å². The van der Waals surface area contributed by atoms with Gasteiger partial charge in [-0.1, -0.05) is 24.3 Å². The second kappa shape index (κ2) is 24.8. The molecule has 6 rings (SSSR count). The van der Waals surface area contributed by atoms with Gasteiger partial charge in [0, 0.05) is 49.1 Å². The van der Waals surface area contributed by atoms with Gasteiger partial charge in [-0.3, -0.25) is 19.9 Å². The van der Waals surface area contributed by atoms with E-state index in [0.29, 0.717) is 22.8 Å². The van der Waals surface area contributed by atoms with E-state index in [9.17, 15) is 10.2 Å². The van der Waals surface area contributed by atoms with Gasteiger partial charge in [-0.2, -0.15) is 10.5 Å². The summed E-state index contributed by atoms with van der Waals surface area (Å²) in [6, 6.07) is 31.2. The molecule has 0 saturated heterocycles. The van der Waals surface area contributed by atoms with Crippen LogP contribution in [0.5, 0.6) is 11.5 Å². The van der Waals surface area contributed by atoms with Gasteiger partial charge < -0.3 is 42.0 Å². The number of hydrogen-bond acceptors (Lipinski definition) is 12. The SMILES string of the molecule is N#CN=C=[N-].N#CN=C=[N-].O.O.Oc1cc(-c2ccccn2)nc(-c2ccccn2)c1.Oc1cc(-c2ccccn2)nc(-c2ccccn2)c1.[Ni+2].